The van der Waals surface area contributed by atoms with Crippen LogP contribution < -0.4 is 10.6 Å². The van der Waals surface area contributed by atoms with Gasteiger partial charge in [0.1, 0.15) is 0 Å². The quantitative estimate of drug-likeness (QED) is 0.746. The lowest BCUT2D eigenvalue weighted by Gasteiger charge is -2.23. The van der Waals surface area contributed by atoms with Gasteiger partial charge in [-0.1, -0.05) is 11.6 Å². The lowest BCUT2D eigenvalue weighted by atomic mass is 10.2. The third kappa shape index (κ3) is 2.55. The number of hydrogen-bond acceptors (Lipinski definition) is 3. The van der Waals surface area contributed by atoms with Gasteiger partial charge in [-0.2, -0.15) is 0 Å². The van der Waals surface area contributed by atoms with Crippen molar-refractivity contribution in [1.82, 2.24) is 0 Å². The molecule has 0 aromatic heterocycles. The molecule has 82 valence electrons. The molecule has 1 aromatic rings. The van der Waals surface area contributed by atoms with Gasteiger partial charge in [0.25, 0.3) is 0 Å². The van der Waals surface area contributed by atoms with E-state index in [1.165, 1.54) is 0 Å². The number of hydrogen-bond donors (Lipinski definition) is 1. The molecule has 2 rings (SSSR count). The summed E-state index contributed by atoms with van der Waals surface area (Å²) in [5, 5.41) is 0.719. The topological polar surface area (TPSA) is 38.5 Å². The van der Waals surface area contributed by atoms with Crippen LogP contribution in [0.3, 0.4) is 0 Å². The number of rotatable bonds is 1. The van der Waals surface area contributed by atoms with Crippen LogP contribution in [0, 0.1) is 0 Å². The third-order valence-electron chi connectivity index (χ3n) is 2.53. The van der Waals surface area contributed by atoms with Crippen molar-refractivity contribution in [1.29, 1.82) is 0 Å². The number of anilines is 2. The fourth-order valence-electron chi connectivity index (χ4n) is 1.77. The first-order valence-corrected chi connectivity index (χ1v) is 5.53. The van der Waals surface area contributed by atoms with Gasteiger partial charge in [0, 0.05) is 25.4 Å². The lowest BCUT2D eigenvalue weighted by molar-refractivity contribution is 0.152. The molecule has 1 saturated heterocycles. The maximum Gasteiger partial charge on any atom is 0.0660 e. The summed E-state index contributed by atoms with van der Waals surface area (Å²) < 4.78 is 5.40. The first kappa shape index (κ1) is 10.6. The van der Waals surface area contributed by atoms with Crippen LogP contribution in [-0.4, -0.2) is 26.3 Å². The van der Waals surface area contributed by atoms with Gasteiger partial charge in [0.2, 0.25) is 0 Å². The summed E-state index contributed by atoms with van der Waals surface area (Å²) in [6, 6.07) is 5.65. The van der Waals surface area contributed by atoms with Crippen LogP contribution in [-0.2, 0) is 4.74 Å². The number of benzene rings is 1. The van der Waals surface area contributed by atoms with E-state index in [0.29, 0.717) is 5.69 Å². The van der Waals surface area contributed by atoms with Gasteiger partial charge in [0.15, 0.2) is 0 Å². The molecule has 4 heteroatoms. The van der Waals surface area contributed by atoms with Crippen LogP contribution in [0.4, 0.5) is 11.4 Å². The molecule has 2 N–H and O–H groups in total. The monoisotopic (exact) mass is 226 g/mol. The van der Waals surface area contributed by atoms with Gasteiger partial charge in [-0.05, 0) is 24.6 Å². The molecule has 0 spiro atoms. The first-order chi connectivity index (χ1) is 7.27. The summed E-state index contributed by atoms with van der Waals surface area (Å²) in [4.78, 5) is 2.24. The zero-order valence-electron chi connectivity index (χ0n) is 8.58. The van der Waals surface area contributed by atoms with E-state index in [-0.39, 0.29) is 0 Å². The van der Waals surface area contributed by atoms with Crippen LogP contribution >= 0.6 is 11.6 Å². The van der Waals surface area contributed by atoms with Crippen LogP contribution in [0.5, 0.6) is 0 Å². The molecule has 0 atom stereocenters. The summed E-state index contributed by atoms with van der Waals surface area (Å²) in [5.41, 5.74) is 7.42. The Morgan fingerprint density at radius 2 is 2.13 bits per heavy atom. The highest BCUT2D eigenvalue weighted by Crippen LogP contribution is 2.28. The molecule has 0 amide bonds. The number of nitrogens with two attached hydrogens (primary N) is 1. The molecular weight excluding hydrogens is 212 g/mol. The smallest absolute Gasteiger partial charge is 0.0660 e. The van der Waals surface area contributed by atoms with E-state index >= 15 is 0 Å². The van der Waals surface area contributed by atoms with Gasteiger partial charge < -0.3 is 15.4 Å². The highest BCUT2D eigenvalue weighted by molar-refractivity contribution is 6.33. The molecule has 0 bridgehead atoms. The first-order valence-electron chi connectivity index (χ1n) is 5.15. The zero-order chi connectivity index (χ0) is 10.7. The normalized spacial score (nSPS) is 17.5. The third-order valence-corrected chi connectivity index (χ3v) is 2.84. The van der Waals surface area contributed by atoms with E-state index in [1.54, 1.807) is 6.07 Å². The van der Waals surface area contributed by atoms with Crippen molar-refractivity contribution in [3.8, 4) is 0 Å². The largest absolute Gasteiger partial charge is 0.399 e. The summed E-state index contributed by atoms with van der Waals surface area (Å²) in [6.45, 7) is 3.48. The molecule has 0 radical (unpaired) electrons. The predicted molar refractivity (Wildman–Crippen MR) is 63.5 cm³/mol. The van der Waals surface area contributed by atoms with Crippen molar-refractivity contribution >= 4 is 23.0 Å². The fourth-order valence-corrected chi connectivity index (χ4v) is 2.08. The predicted octanol–water partition coefficient (Wildman–Crippen LogP) is 2.15. The SMILES string of the molecule is Nc1ccc(N2CCCOCC2)c(Cl)c1. The van der Waals surface area contributed by atoms with E-state index < -0.39 is 0 Å². The standard InChI is InChI=1S/C11H15ClN2O/c12-10-8-9(13)2-3-11(10)14-4-1-6-15-7-5-14/h2-3,8H,1,4-7,13H2. The van der Waals surface area contributed by atoms with Crippen LogP contribution in [0.1, 0.15) is 6.42 Å². The Balaban J connectivity index is 2.19. The number of nitrogen functional groups attached to an aromatic ring is 1. The molecule has 3 nitrogen and oxygen atoms in total. The minimum absolute atomic E-state index is 0.704. The van der Waals surface area contributed by atoms with Crippen LogP contribution in [0.2, 0.25) is 5.02 Å². The molecule has 1 aromatic carbocycles. The Labute approximate surface area is 94.8 Å². The maximum absolute atomic E-state index is 6.15. The van der Waals surface area contributed by atoms with Crippen molar-refractivity contribution in [2.24, 2.45) is 0 Å². The summed E-state index contributed by atoms with van der Waals surface area (Å²) in [6.07, 6.45) is 1.04. The molecule has 1 heterocycles. The van der Waals surface area contributed by atoms with Gasteiger partial charge in [-0.25, -0.2) is 0 Å². The molecule has 1 fully saturated rings. The van der Waals surface area contributed by atoms with Crippen molar-refractivity contribution < 1.29 is 4.74 Å². The summed E-state index contributed by atoms with van der Waals surface area (Å²) >= 11 is 6.15. The number of ether oxygens (including phenoxy) is 1. The van der Waals surface area contributed by atoms with Gasteiger partial charge in [-0.3, -0.25) is 0 Å². The van der Waals surface area contributed by atoms with E-state index in [1.807, 2.05) is 12.1 Å². The second-order valence-electron chi connectivity index (χ2n) is 3.66. The Hall–Kier alpha value is -0.930. The highest BCUT2D eigenvalue weighted by atomic mass is 35.5. The molecular formula is C11H15ClN2O. The number of nitrogens with zero attached hydrogens (tertiary/aromatic N) is 1. The minimum atomic E-state index is 0.704. The van der Waals surface area contributed by atoms with Gasteiger partial charge >= 0.3 is 0 Å². The van der Waals surface area contributed by atoms with Crippen molar-refractivity contribution in [2.45, 2.75) is 6.42 Å². The van der Waals surface area contributed by atoms with E-state index in [0.717, 1.165) is 43.4 Å². The average molecular weight is 227 g/mol. The van der Waals surface area contributed by atoms with Crippen LogP contribution in [0.15, 0.2) is 18.2 Å². The molecule has 15 heavy (non-hydrogen) atoms. The average Bonchev–Trinajstić information content (AvgIpc) is 2.46. The van der Waals surface area contributed by atoms with Crippen molar-refractivity contribution in [3.63, 3.8) is 0 Å². The zero-order valence-corrected chi connectivity index (χ0v) is 9.33. The minimum Gasteiger partial charge on any atom is -0.399 e. The van der Waals surface area contributed by atoms with Gasteiger partial charge in [0.05, 0.1) is 17.3 Å². The fraction of sp³-hybridized carbons (Fsp3) is 0.455. The summed E-state index contributed by atoms with van der Waals surface area (Å²) in [5.74, 6) is 0. The molecule has 1 aliphatic rings. The Kier molecular flexibility index (Phi) is 3.34. The molecule has 1 aliphatic heterocycles. The van der Waals surface area contributed by atoms with E-state index in [9.17, 15) is 0 Å². The highest BCUT2D eigenvalue weighted by Gasteiger charge is 2.12. The molecule has 0 aliphatic carbocycles. The molecule has 0 unspecified atom stereocenters. The number of halogens is 1. The Morgan fingerprint density at radius 3 is 2.93 bits per heavy atom. The molecule has 0 saturated carbocycles. The summed E-state index contributed by atoms with van der Waals surface area (Å²) in [7, 11) is 0. The van der Waals surface area contributed by atoms with Gasteiger partial charge in [-0.15, -0.1) is 0 Å². The Bertz CT molecular complexity index is 335. The second kappa shape index (κ2) is 4.73. The van der Waals surface area contributed by atoms with Crippen LogP contribution in [0.25, 0.3) is 0 Å². The lowest BCUT2D eigenvalue weighted by Crippen LogP contribution is -2.26. The maximum atomic E-state index is 6.15. The Morgan fingerprint density at radius 1 is 1.27 bits per heavy atom. The van der Waals surface area contributed by atoms with Crippen molar-refractivity contribution in [2.75, 3.05) is 36.9 Å². The van der Waals surface area contributed by atoms with E-state index in [2.05, 4.69) is 4.90 Å². The second-order valence-corrected chi connectivity index (χ2v) is 4.07. The van der Waals surface area contributed by atoms with E-state index in [4.69, 9.17) is 22.1 Å². The van der Waals surface area contributed by atoms with Crippen molar-refractivity contribution in [3.05, 3.63) is 23.2 Å².